The van der Waals surface area contributed by atoms with Crippen LogP contribution in [0, 0.1) is 0 Å². The molecule has 0 fully saturated rings. The van der Waals surface area contributed by atoms with Crippen LogP contribution in [0.25, 0.3) is 0 Å². The molecule has 0 amide bonds. The van der Waals surface area contributed by atoms with Gasteiger partial charge >= 0.3 is 0 Å². The van der Waals surface area contributed by atoms with Crippen LogP contribution in [0.15, 0.2) is 29.9 Å². The van der Waals surface area contributed by atoms with Gasteiger partial charge in [-0.2, -0.15) is 0 Å². The third-order valence-electron chi connectivity index (χ3n) is 2.46. The van der Waals surface area contributed by atoms with Crippen LogP contribution in [-0.4, -0.2) is 17.1 Å². The molecule has 4 nitrogen and oxygen atoms in total. The quantitative estimate of drug-likeness (QED) is 0.884. The van der Waals surface area contributed by atoms with Crippen molar-refractivity contribution in [2.24, 2.45) is 0 Å². The first-order chi connectivity index (χ1) is 8.33. The van der Waals surface area contributed by atoms with Gasteiger partial charge in [-0.1, -0.05) is 13.0 Å². The summed E-state index contributed by atoms with van der Waals surface area (Å²) in [6, 6.07) is 4.44. The van der Waals surface area contributed by atoms with Gasteiger partial charge in [0, 0.05) is 4.88 Å². The Balaban J connectivity index is 2.07. The molecule has 1 N–H and O–H groups in total. The van der Waals surface area contributed by atoms with Gasteiger partial charge in [0.1, 0.15) is 0 Å². The Morgan fingerprint density at radius 1 is 1.41 bits per heavy atom. The van der Waals surface area contributed by atoms with Crippen LogP contribution in [0.4, 0.5) is 5.95 Å². The number of hydrogen-bond donors (Lipinski definition) is 1. The van der Waals surface area contributed by atoms with Crippen molar-refractivity contribution < 1.29 is 4.74 Å². The number of anilines is 1. The van der Waals surface area contributed by atoms with E-state index in [1.54, 1.807) is 30.8 Å². The summed E-state index contributed by atoms with van der Waals surface area (Å²) in [5.41, 5.74) is 0. The number of methoxy groups -OCH3 is 1. The maximum atomic E-state index is 5.02. The highest BCUT2D eigenvalue weighted by Gasteiger charge is 2.11. The van der Waals surface area contributed by atoms with Crippen molar-refractivity contribution in [1.82, 2.24) is 9.97 Å². The molecule has 5 heteroatoms. The fraction of sp³-hybridized carbons (Fsp3) is 0.333. The standard InChI is InChI=1S/C12H15N3OS/c1-3-10(11-5-4-6-17-11)15-12-13-7-9(16-2)8-14-12/h4-8,10H,3H2,1-2H3,(H,13,14,15). The molecule has 0 aromatic carbocycles. The molecule has 0 saturated carbocycles. The summed E-state index contributed by atoms with van der Waals surface area (Å²) in [7, 11) is 1.60. The summed E-state index contributed by atoms with van der Waals surface area (Å²) >= 11 is 1.74. The fourth-order valence-electron chi connectivity index (χ4n) is 1.52. The number of nitrogens with one attached hydrogen (secondary N) is 1. The maximum absolute atomic E-state index is 5.02. The van der Waals surface area contributed by atoms with Gasteiger partial charge in [0.2, 0.25) is 5.95 Å². The number of nitrogens with zero attached hydrogens (tertiary/aromatic N) is 2. The summed E-state index contributed by atoms with van der Waals surface area (Å²) < 4.78 is 5.02. The monoisotopic (exact) mass is 249 g/mol. The van der Waals surface area contributed by atoms with Crippen molar-refractivity contribution in [3.8, 4) is 5.75 Å². The molecule has 0 saturated heterocycles. The Bertz CT molecular complexity index is 441. The minimum atomic E-state index is 0.267. The van der Waals surface area contributed by atoms with E-state index in [2.05, 4.69) is 39.7 Å². The smallest absolute Gasteiger partial charge is 0.223 e. The van der Waals surface area contributed by atoms with Crippen molar-refractivity contribution >= 4 is 17.3 Å². The Kier molecular flexibility index (Phi) is 3.93. The zero-order valence-electron chi connectivity index (χ0n) is 9.88. The number of aromatic nitrogens is 2. The zero-order chi connectivity index (χ0) is 12.1. The Labute approximate surface area is 105 Å². The number of thiophene rings is 1. The summed E-state index contributed by atoms with van der Waals surface area (Å²) in [5.74, 6) is 1.30. The third kappa shape index (κ3) is 2.94. The highest BCUT2D eigenvalue weighted by Crippen LogP contribution is 2.24. The Morgan fingerprint density at radius 2 is 2.18 bits per heavy atom. The van der Waals surface area contributed by atoms with E-state index in [0.29, 0.717) is 11.7 Å². The average Bonchev–Trinajstić information content (AvgIpc) is 2.90. The van der Waals surface area contributed by atoms with Gasteiger partial charge in [0.25, 0.3) is 0 Å². The van der Waals surface area contributed by atoms with Crippen LogP contribution in [0.5, 0.6) is 5.75 Å². The van der Waals surface area contributed by atoms with E-state index in [-0.39, 0.29) is 6.04 Å². The highest BCUT2D eigenvalue weighted by molar-refractivity contribution is 7.10. The summed E-state index contributed by atoms with van der Waals surface area (Å²) in [5, 5.41) is 5.39. The molecule has 0 aliphatic heterocycles. The normalized spacial score (nSPS) is 12.1. The minimum absolute atomic E-state index is 0.267. The lowest BCUT2D eigenvalue weighted by Gasteiger charge is -2.15. The fourth-order valence-corrected chi connectivity index (χ4v) is 2.38. The molecule has 2 aromatic heterocycles. The molecule has 17 heavy (non-hydrogen) atoms. The van der Waals surface area contributed by atoms with E-state index in [4.69, 9.17) is 4.74 Å². The van der Waals surface area contributed by atoms with Crippen molar-refractivity contribution in [3.63, 3.8) is 0 Å². The molecule has 0 aliphatic carbocycles. The minimum Gasteiger partial charge on any atom is -0.494 e. The second kappa shape index (κ2) is 5.63. The van der Waals surface area contributed by atoms with E-state index < -0.39 is 0 Å². The van der Waals surface area contributed by atoms with E-state index in [1.165, 1.54) is 4.88 Å². The first-order valence-corrected chi connectivity index (χ1v) is 6.37. The molecule has 0 radical (unpaired) electrons. The van der Waals surface area contributed by atoms with Crippen molar-refractivity contribution in [1.29, 1.82) is 0 Å². The zero-order valence-corrected chi connectivity index (χ0v) is 10.7. The Morgan fingerprint density at radius 3 is 2.71 bits per heavy atom. The third-order valence-corrected chi connectivity index (χ3v) is 3.45. The maximum Gasteiger partial charge on any atom is 0.223 e. The van der Waals surface area contributed by atoms with Crippen LogP contribution in [0.2, 0.25) is 0 Å². The van der Waals surface area contributed by atoms with Gasteiger partial charge in [-0.25, -0.2) is 9.97 Å². The molecule has 0 spiro atoms. The van der Waals surface area contributed by atoms with E-state index in [9.17, 15) is 0 Å². The molecule has 0 bridgehead atoms. The summed E-state index contributed by atoms with van der Waals surface area (Å²) in [6.45, 7) is 2.14. The van der Waals surface area contributed by atoms with Crippen LogP contribution < -0.4 is 10.1 Å². The summed E-state index contributed by atoms with van der Waals surface area (Å²) in [6.07, 6.45) is 4.32. The van der Waals surface area contributed by atoms with Gasteiger partial charge in [-0.05, 0) is 17.9 Å². The molecule has 2 aromatic rings. The predicted molar refractivity (Wildman–Crippen MR) is 69.6 cm³/mol. The van der Waals surface area contributed by atoms with E-state index >= 15 is 0 Å². The van der Waals surface area contributed by atoms with Crippen molar-refractivity contribution in [3.05, 3.63) is 34.8 Å². The molecule has 1 unspecified atom stereocenters. The first-order valence-electron chi connectivity index (χ1n) is 5.49. The highest BCUT2D eigenvalue weighted by atomic mass is 32.1. The van der Waals surface area contributed by atoms with Gasteiger partial charge < -0.3 is 10.1 Å². The lowest BCUT2D eigenvalue weighted by Crippen LogP contribution is -2.10. The molecular weight excluding hydrogens is 234 g/mol. The van der Waals surface area contributed by atoms with Crippen molar-refractivity contribution in [2.75, 3.05) is 12.4 Å². The SMILES string of the molecule is CCC(Nc1ncc(OC)cn1)c1cccs1. The number of hydrogen-bond acceptors (Lipinski definition) is 5. The average molecular weight is 249 g/mol. The van der Waals surface area contributed by atoms with Gasteiger partial charge in [0.05, 0.1) is 25.5 Å². The van der Waals surface area contributed by atoms with Gasteiger partial charge in [-0.15, -0.1) is 11.3 Å². The number of rotatable bonds is 5. The molecule has 2 heterocycles. The van der Waals surface area contributed by atoms with Gasteiger partial charge in [0.15, 0.2) is 5.75 Å². The van der Waals surface area contributed by atoms with Gasteiger partial charge in [-0.3, -0.25) is 0 Å². The Hall–Kier alpha value is -1.62. The second-order valence-electron chi connectivity index (χ2n) is 3.57. The van der Waals surface area contributed by atoms with Crippen LogP contribution in [-0.2, 0) is 0 Å². The molecule has 2 rings (SSSR count). The number of ether oxygens (including phenoxy) is 1. The van der Waals surface area contributed by atoms with E-state index in [1.807, 2.05) is 0 Å². The first kappa shape index (κ1) is 11.9. The lowest BCUT2D eigenvalue weighted by molar-refractivity contribution is 0.411. The largest absolute Gasteiger partial charge is 0.494 e. The van der Waals surface area contributed by atoms with Crippen LogP contribution in [0.1, 0.15) is 24.3 Å². The molecule has 1 atom stereocenters. The summed E-state index contributed by atoms with van der Waals surface area (Å²) in [4.78, 5) is 9.71. The van der Waals surface area contributed by atoms with Crippen molar-refractivity contribution in [2.45, 2.75) is 19.4 Å². The molecular formula is C12H15N3OS. The second-order valence-corrected chi connectivity index (χ2v) is 4.55. The molecule has 0 aliphatic rings. The van der Waals surface area contributed by atoms with Crippen LogP contribution >= 0.6 is 11.3 Å². The topological polar surface area (TPSA) is 47.0 Å². The molecule has 90 valence electrons. The van der Waals surface area contributed by atoms with Crippen LogP contribution in [0.3, 0.4) is 0 Å². The lowest BCUT2D eigenvalue weighted by atomic mass is 10.2. The predicted octanol–water partition coefficient (Wildman–Crippen LogP) is 3.11. The van der Waals surface area contributed by atoms with E-state index in [0.717, 1.165) is 6.42 Å².